The zero-order chi connectivity index (χ0) is 19.7. The number of nitrogens with zero attached hydrogens (tertiary/aromatic N) is 2. The van der Waals surface area contributed by atoms with E-state index in [1.54, 1.807) is 18.4 Å². The van der Waals surface area contributed by atoms with Gasteiger partial charge in [0.2, 0.25) is 0 Å². The SMILES string of the molecule is C=C(C)CN1CCN(Cc2ccccc2)C(=O)c2sc3ccc(OC)cc3c21. The molecule has 1 aliphatic heterocycles. The second-order valence-electron chi connectivity index (χ2n) is 7.23. The Morgan fingerprint density at radius 2 is 1.89 bits per heavy atom. The first-order valence-corrected chi connectivity index (χ1v) is 10.2. The molecule has 2 heterocycles. The van der Waals surface area contributed by atoms with Crippen molar-refractivity contribution in [1.29, 1.82) is 0 Å². The highest BCUT2D eigenvalue weighted by molar-refractivity contribution is 7.21. The van der Waals surface area contributed by atoms with E-state index < -0.39 is 0 Å². The van der Waals surface area contributed by atoms with E-state index >= 15 is 0 Å². The third-order valence-corrected chi connectivity index (χ3v) is 6.13. The van der Waals surface area contributed by atoms with E-state index in [0.717, 1.165) is 50.6 Å². The van der Waals surface area contributed by atoms with Gasteiger partial charge in [-0.25, -0.2) is 0 Å². The number of fused-ring (bicyclic) bond motifs is 3. The molecule has 3 aromatic rings. The standard InChI is InChI=1S/C23H24N2O2S/c1-16(2)14-24-11-12-25(15-17-7-5-4-6-8-17)23(26)22-21(24)19-13-18(27-3)9-10-20(19)28-22/h4-10,13H,1,11-12,14-15H2,2-3H3. The van der Waals surface area contributed by atoms with Crippen molar-refractivity contribution in [3.05, 3.63) is 71.1 Å². The molecule has 0 aliphatic carbocycles. The minimum Gasteiger partial charge on any atom is -0.497 e. The van der Waals surface area contributed by atoms with Crippen molar-refractivity contribution < 1.29 is 9.53 Å². The van der Waals surface area contributed by atoms with Gasteiger partial charge in [0.1, 0.15) is 10.6 Å². The fourth-order valence-corrected chi connectivity index (χ4v) is 4.86. The highest BCUT2D eigenvalue weighted by atomic mass is 32.1. The van der Waals surface area contributed by atoms with Gasteiger partial charge in [0, 0.05) is 36.3 Å². The van der Waals surface area contributed by atoms with Crippen molar-refractivity contribution in [2.75, 3.05) is 31.6 Å². The quantitative estimate of drug-likeness (QED) is 0.576. The number of benzene rings is 2. The molecule has 0 saturated carbocycles. The lowest BCUT2D eigenvalue weighted by Gasteiger charge is -2.25. The van der Waals surface area contributed by atoms with Crippen LogP contribution in [0.4, 0.5) is 5.69 Å². The summed E-state index contributed by atoms with van der Waals surface area (Å²) in [5.41, 5.74) is 3.24. The summed E-state index contributed by atoms with van der Waals surface area (Å²) in [7, 11) is 1.67. The molecule has 2 aromatic carbocycles. The normalized spacial score (nSPS) is 14.1. The molecular formula is C23H24N2O2S. The minimum absolute atomic E-state index is 0.100. The minimum atomic E-state index is 0.100. The van der Waals surface area contributed by atoms with Crippen LogP contribution >= 0.6 is 11.3 Å². The first kappa shape index (κ1) is 18.6. The largest absolute Gasteiger partial charge is 0.497 e. The third kappa shape index (κ3) is 3.50. The summed E-state index contributed by atoms with van der Waals surface area (Å²) in [6, 6.07) is 16.2. The zero-order valence-corrected chi connectivity index (χ0v) is 17.1. The van der Waals surface area contributed by atoms with Gasteiger partial charge in [-0.3, -0.25) is 4.79 Å². The van der Waals surface area contributed by atoms with Crippen molar-refractivity contribution >= 4 is 33.0 Å². The van der Waals surface area contributed by atoms with Gasteiger partial charge in [-0.2, -0.15) is 0 Å². The molecule has 28 heavy (non-hydrogen) atoms. The van der Waals surface area contributed by atoms with Gasteiger partial charge in [-0.05, 0) is 30.7 Å². The first-order valence-electron chi connectivity index (χ1n) is 9.40. The van der Waals surface area contributed by atoms with Gasteiger partial charge in [0.25, 0.3) is 5.91 Å². The molecule has 0 saturated heterocycles. The molecular weight excluding hydrogens is 368 g/mol. The van der Waals surface area contributed by atoms with Gasteiger partial charge in [0.15, 0.2) is 0 Å². The fourth-order valence-electron chi connectivity index (χ4n) is 3.69. The van der Waals surface area contributed by atoms with Gasteiger partial charge in [0.05, 0.1) is 12.8 Å². The Balaban J connectivity index is 1.79. The van der Waals surface area contributed by atoms with Gasteiger partial charge >= 0.3 is 0 Å². The maximum Gasteiger partial charge on any atom is 0.266 e. The number of carbonyl (C=O) groups is 1. The molecule has 0 spiro atoms. The number of ether oxygens (including phenoxy) is 1. The maximum atomic E-state index is 13.5. The molecule has 4 rings (SSSR count). The van der Waals surface area contributed by atoms with Crippen LogP contribution in [0.2, 0.25) is 0 Å². The second-order valence-corrected chi connectivity index (χ2v) is 8.29. The monoisotopic (exact) mass is 392 g/mol. The van der Waals surface area contributed by atoms with Crippen LogP contribution in [0.3, 0.4) is 0 Å². The van der Waals surface area contributed by atoms with Crippen LogP contribution in [0.25, 0.3) is 10.1 Å². The van der Waals surface area contributed by atoms with Crippen LogP contribution in [-0.4, -0.2) is 37.6 Å². The van der Waals surface area contributed by atoms with Crippen LogP contribution in [0.5, 0.6) is 5.75 Å². The predicted molar refractivity (Wildman–Crippen MR) is 117 cm³/mol. The number of rotatable bonds is 5. The number of thiophene rings is 1. The zero-order valence-electron chi connectivity index (χ0n) is 16.3. The third-order valence-electron chi connectivity index (χ3n) is 4.98. The van der Waals surface area contributed by atoms with E-state index in [1.165, 1.54) is 0 Å². The molecule has 0 unspecified atom stereocenters. The fraction of sp³-hybridized carbons (Fsp3) is 0.261. The second kappa shape index (κ2) is 7.68. The number of hydrogen-bond donors (Lipinski definition) is 0. The Bertz CT molecular complexity index is 1030. The molecule has 0 radical (unpaired) electrons. The molecule has 5 heteroatoms. The molecule has 1 aromatic heterocycles. The predicted octanol–water partition coefficient (Wildman–Crippen LogP) is 4.95. The summed E-state index contributed by atoms with van der Waals surface area (Å²) in [4.78, 5) is 18.5. The van der Waals surface area contributed by atoms with Crippen LogP contribution in [0, 0.1) is 0 Å². The van der Waals surface area contributed by atoms with Crippen LogP contribution in [0.15, 0.2) is 60.7 Å². The van der Waals surface area contributed by atoms with Crippen molar-refractivity contribution in [2.24, 2.45) is 0 Å². The molecule has 4 nitrogen and oxygen atoms in total. The van der Waals surface area contributed by atoms with Crippen molar-refractivity contribution in [2.45, 2.75) is 13.5 Å². The van der Waals surface area contributed by atoms with E-state index in [0.29, 0.717) is 13.1 Å². The average Bonchev–Trinajstić information content (AvgIpc) is 3.03. The van der Waals surface area contributed by atoms with Crippen molar-refractivity contribution in [3.8, 4) is 5.75 Å². The van der Waals surface area contributed by atoms with Crippen LogP contribution in [-0.2, 0) is 6.54 Å². The number of hydrogen-bond acceptors (Lipinski definition) is 4. The number of anilines is 1. The van der Waals surface area contributed by atoms with Crippen LogP contribution in [0.1, 0.15) is 22.2 Å². The van der Waals surface area contributed by atoms with E-state index in [9.17, 15) is 4.79 Å². The van der Waals surface area contributed by atoms with Gasteiger partial charge in [-0.1, -0.05) is 42.5 Å². The first-order chi connectivity index (χ1) is 13.6. The lowest BCUT2D eigenvalue weighted by Crippen LogP contribution is -2.34. The van der Waals surface area contributed by atoms with E-state index in [4.69, 9.17) is 4.74 Å². The molecule has 0 N–H and O–H groups in total. The Kier molecular flexibility index (Phi) is 5.09. The maximum absolute atomic E-state index is 13.5. The van der Waals surface area contributed by atoms with Crippen molar-refractivity contribution in [1.82, 2.24) is 4.90 Å². The highest BCUT2D eigenvalue weighted by Crippen LogP contribution is 2.42. The topological polar surface area (TPSA) is 32.8 Å². The number of carbonyl (C=O) groups excluding carboxylic acids is 1. The average molecular weight is 393 g/mol. The number of methoxy groups -OCH3 is 1. The molecule has 1 amide bonds. The van der Waals surface area contributed by atoms with Crippen LogP contribution < -0.4 is 9.64 Å². The van der Waals surface area contributed by atoms with E-state index in [2.05, 4.69) is 23.6 Å². The Morgan fingerprint density at radius 1 is 1.14 bits per heavy atom. The summed E-state index contributed by atoms with van der Waals surface area (Å²) in [5, 5.41) is 1.08. The summed E-state index contributed by atoms with van der Waals surface area (Å²) in [5.74, 6) is 0.907. The molecule has 0 bridgehead atoms. The summed E-state index contributed by atoms with van der Waals surface area (Å²) in [6.45, 7) is 8.96. The molecule has 0 atom stereocenters. The van der Waals surface area contributed by atoms with Gasteiger partial charge < -0.3 is 14.5 Å². The summed E-state index contributed by atoms with van der Waals surface area (Å²) >= 11 is 1.57. The smallest absolute Gasteiger partial charge is 0.266 e. The molecule has 144 valence electrons. The van der Waals surface area contributed by atoms with Crippen molar-refractivity contribution in [3.63, 3.8) is 0 Å². The molecule has 1 aliphatic rings. The van der Waals surface area contributed by atoms with E-state index in [1.807, 2.05) is 48.2 Å². The summed E-state index contributed by atoms with van der Waals surface area (Å²) in [6.07, 6.45) is 0. The Hall–Kier alpha value is -2.79. The lowest BCUT2D eigenvalue weighted by atomic mass is 10.1. The van der Waals surface area contributed by atoms with E-state index in [-0.39, 0.29) is 5.91 Å². The number of amides is 1. The summed E-state index contributed by atoms with van der Waals surface area (Å²) < 4.78 is 6.53. The lowest BCUT2D eigenvalue weighted by molar-refractivity contribution is 0.0759. The van der Waals surface area contributed by atoms with Gasteiger partial charge in [-0.15, -0.1) is 11.3 Å². The highest BCUT2D eigenvalue weighted by Gasteiger charge is 2.30. The molecule has 0 fully saturated rings. The Morgan fingerprint density at radius 3 is 2.61 bits per heavy atom. The Labute approximate surface area is 169 Å².